The molecular formula is C8H11N5O. The number of nitrogens with two attached hydrogens (primary N) is 1. The van der Waals surface area contributed by atoms with Crippen molar-refractivity contribution >= 4 is 17.5 Å². The van der Waals surface area contributed by atoms with Crippen LogP contribution in [0, 0.1) is 0 Å². The van der Waals surface area contributed by atoms with Crippen LogP contribution in [0.5, 0.6) is 0 Å². The highest BCUT2D eigenvalue weighted by Gasteiger charge is 2.20. The summed E-state index contributed by atoms with van der Waals surface area (Å²) in [6.07, 6.45) is 1.53. The van der Waals surface area contributed by atoms with Crippen LogP contribution in [0.4, 0.5) is 11.8 Å². The molecule has 1 aliphatic heterocycles. The Morgan fingerprint density at radius 3 is 3.29 bits per heavy atom. The Labute approximate surface area is 80.9 Å². The summed E-state index contributed by atoms with van der Waals surface area (Å²) in [6.45, 7) is 1.45. The first-order valence-corrected chi connectivity index (χ1v) is 4.39. The zero-order valence-corrected chi connectivity index (χ0v) is 7.58. The minimum absolute atomic E-state index is 0.0328. The number of nitrogens with zero attached hydrogens (tertiary/aromatic N) is 2. The van der Waals surface area contributed by atoms with Crippen molar-refractivity contribution in [2.45, 2.75) is 0 Å². The van der Waals surface area contributed by atoms with Gasteiger partial charge in [0, 0.05) is 19.3 Å². The van der Waals surface area contributed by atoms with E-state index < -0.39 is 0 Å². The normalized spacial score (nSPS) is 13.6. The van der Waals surface area contributed by atoms with Crippen LogP contribution < -0.4 is 16.4 Å². The average Bonchev–Trinajstić information content (AvgIpc) is 2.57. The summed E-state index contributed by atoms with van der Waals surface area (Å²) in [5, 5.41) is 5.84. The number of anilines is 2. The van der Waals surface area contributed by atoms with Gasteiger partial charge in [-0.05, 0) is 0 Å². The highest BCUT2D eigenvalue weighted by molar-refractivity contribution is 6.06. The van der Waals surface area contributed by atoms with E-state index in [1.807, 2.05) is 0 Å². The molecule has 0 atom stereocenters. The molecule has 0 bridgehead atoms. The zero-order chi connectivity index (χ0) is 9.97. The zero-order valence-electron chi connectivity index (χ0n) is 7.58. The second-order valence-electron chi connectivity index (χ2n) is 2.95. The van der Waals surface area contributed by atoms with Crippen LogP contribution in [0.3, 0.4) is 0 Å². The minimum atomic E-state index is 0.0328. The molecular weight excluding hydrogens is 182 g/mol. The van der Waals surface area contributed by atoms with Gasteiger partial charge in [-0.3, -0.25) is 4.79 Å². The van der Waals surface area contributed by atoms with Gasteiger partial charge >= 0.3 is 0 Å². The van der Waals surface area contributed by atoms with Crippen LogP contribution in [0.2, 0.25) is 0 Å². The summed E-state index contributed by atoms with van der Waals surface area (Å²) in [6, 6.07) is 0. The Balaban J connectivity index is 2.19. The van der Waals surface area contributed by atoms with Crippen LogP contribution in [0.1, 0.15) is 10.4 Å². The van der Waals surface area contributed by atoms with Crippen molar-refractivity contribution in [3.05, 3.63) is 11.8 Å². The monoisotopic (exact) mass is 193 g/mol. The number of nitrogens with one attached hydrogen (secondary N) is 2. The summed E-state index contributed by atoms with van der Waals surface area (Å²) in [5.74, 6) is 1.13. The highest BCUT2D eigenvalue weighted by atomic mass is 16.1. The SMILES string of the molecule is NCCNc1ncc2c(n1)NCC2=O. The predicted octanol–water partition coefficient (Wildman–Crippen LogP) is -0.545. The minimum Gasteiger partial charge on any atom is -0.362 e. The highest BCUT2D eigenvalue weighted by Crippen LogP contribution is 2.19. The number of aromatic nitrogens is 2. The van der Waals surface area contributed by atoms with Gasteiger partial charge < -0.3 is 16.4 Å². The topological polar surface area (TPSA) is 92.9 Å². The largest absolute Gasteiger partial charge is 0.362 e. The molecule has 0 saturated heterocycles. The van der Waals surface area contributed by atoms with Gasteiger partial charge in [-0.2, -0.15) is 4.98 Å². The van der Waals surface area contributed by atoms with Gasteiger partial charge in [0.2, 0.25) is 5.95 Å². The van der Waals surface area contributed by atoms with E-state index in [0.717, 1.165) is 0 Å². The van der Waals surface area contributed by atoms with E-state index in [1.165, 1.54) is 6.20 Å². The molecule has 6 heteroatoms. The maximum Gasteiger partial charge on any atom is 0.224 e. The standard InChI is InChI=1S/C8H11N5O/c9-1-2-10-8-12-3-5-6(14)4-11-7(5)13-8/h3H,1-2,4,9H2,(H2,10,11,12,13). The van der Waals surface area contributed by atoms with Crippen molar-refractivity contribution in [2.75, 3.05) is 30.3 Å². The van der Waals surface area contributed by atoms with E-state index in [1.54, 1.807) is 0 Å². The van der Waals surface area contributed by atoms with Crippen molar-refractivity contribution in [1.29, 1.82) is 0 Å². The molecule has 14 heavy (non-hydrogen) atoms. The van der Waals surface area contributed by atoms with Gasteiger partial charge in [0.25, 0.3) is 0 Å². The Hall–Kier alpha value is -1.69. The first-order valence-electron chi connectivity index (χ1n) is 4.39. The predicted molar refractivity (Wildman–Crippen MR) is 52.4 cm³/mol. The molecule has 2 rings (SSSR count). The summed E-state index contributed by atoms with van der Waals surface area (Å²) < 4.78 is 0. The van der Waals surface area contributed by atoms with Crippen LogP contribution in [-0.4, -0.2) is 35.4 Å². The van der Waals surface area contributed by atoms with E-state index in [2.05, 4.69) is 20.6 Å². The number of Topliss-reactive ketones (excluding diaryl/α,β-unsaturated/α-hetero) is 1. The number of rotatable bonds is 3. The van der Waals surface area contributed by atoms with Crippen LogP contribution in [0.15, 0.2) is 6.20 Å². The van der Waals surface area contributed by atoms with E-state index >= 15 is 0 Å². The number of carbonyl (C=O) groups excluding carboxylic acids is 1. The number of hydrogen-bond donors (Lipinski definition) is 3. The Kier molecular flexibility index (Phi) is 2.28. The van der Waals surface area contributed by atoms with Crippen LogP contribution >= 0.6 is 0 Å². The average molecular weight is 193 g/mol. The Bertz CT molecular complexity index is 365. The van der Waals surface area contributed by atoms with Gasteiger partial charge in [0.05, 0.1) is 12.1 Å². The molecule has 1 aromatic heterocycles. The fourth-order valence-corrected chi connectivity index (χ4v) is 1.25. The molecule has 0 unspecified atom stereocenters. The molecule has 1 aliphatic rings. The first kappa shape index (κ1) is 8.89. The Morgan fingerprint density at radius 2 is 2.50 bits per heavy atom. The number of carbonyl (C=O) groups is 1. The van der Waals surface area contributed by atoms with E-state index in [4.69, 9.17) is 5.73 Å². The third-order valence-corrected chi connectivity index (χ3v) is 1.93. The molecule has 74 valence electrons. The van der Waals surface area contributed by atoms with E-state index in [9.17, 15) is 4.79 Å². The lowest BCUT2D eigenvalue weighted by molar-refractivity contribution is 0.101. The second kappa shape index (κ2) is 3.59. The summed E-state index contributed by atoms with van der Waals surface area (Å²) >= 11 is 0. The molecule has 0 saturated carbocycles. The van der Waals surface area contributed by atoms with Crippen LogP contribution in [0.25, 0.3) is 0 Å². The number of fused-ring (bicyclic) bond motifs is 1. The van der Waals surface area contributed by atoms with Crippen molar-refractivity contribution in [3.8, 4) is 0 Å². The Morgan fingerprint density at radius 1 is 1.64 bits per heavy atom. The fourth-order valence-electron chi connectivity index (χ4n) is 1.25. The van der Waals surface area contributed by atoms with Crippen molar-refractivity contribution < 1.29 is 4.79 Å². The van der Waals surface area contributed by atoms with Gasteiger partial charge in [-0.15, -0.1) is 0 Å². The molecule has 0 aromatic carbocycles. The quantitative estimate of drug-likeness (QED) is 0.596. The maximum atomic E-state index is 11.2. The summed E-state index contributed by atoms with van der Waals surface area (Å²) in [4.78, 5) is 19.3. The molecule has 0 amide bonds. The molecule has 0 aliphatic carbocycles. The van der Waals surface area contributed by atoms with Gasteiger partial charge in [0.1, 0.15) is 5.82 Å². The molecule has 6 nitrogen and oxygen atoms in total. The molecule has 0 fully saturated rings. The van der Waals surface area contributed by atoms with Crippen molar-refractivity contribution in [2.24, 2.45) is 5.73 Å². The maximum absolute atomic E-state index is 11.2. The number of ketones is 1. The summed E-state index contributed by atoms with van der Waals surface area (Å²) in [7, 11) is 0. The van der Waals surface area contributed by atoms with E-state index in [0.29, 0.717) is 37.0 Å². The van der Waals surface area contributed by atoms with E-state index in [-0.39, 0.29) is 5.78 Å². The molecule has 1 aromatic rings. The molecule has 4 N–H and O–H groups in total. The lowest BCUT2D eigenvalue weighted by Gasteiger charge is -2.03. The van der Waals surface area contributed by atoms with Gasteiger partial charge in [-0.1, -0.05) is 0 Å². The third-order valence-electron chi connectivity index (χ3n) is 1.93. The molecule has 2 heterocycles. The lowest BCUT2D eigenvalue weighted by atomic mass is 10.2. The smallest absolute Gasteiger partial charge is 0.224 e. The summed E-state index contributed by atoms with van der Waals surface area (Å²) in [5.41, 5.74) is 5.88. The molecule has 0 radical (unpaired) electrons. The first-order chi connectivity index (χ1) is 6.81. The van der Waals surface area contributed by atoms with Gasteiger partial charge in [-0.25, -0.2) is 4.98 Å². The third kappa shape index (κ3) is 1.51. The fraction of sp³-hybridized carbons (Fsp3) is 0.375. The van der Waals surface area contributed by atoms with Crippen molar-refractivity contribution in [3.63, 3.8) is 0 Å². The van der Waals surface area contributed by atoms with Crippen molar-refractivity contribution in [1.82, 2.24) is 9.97 Å². The number of hydrogen-bond acceptors (Lipinski definition) is 6. The molecule has 0 spiro atoms. The van der Waals surface area contributed by atoms with Gasteiger partial charge in [0.15, 0.2) is 5.78 Å². The van der Waals surface area contributed by atoms with Crippen LogP contribution in [-0.2, 0) is 0 Å². The lowest BCUT2D eigenvalue weighted by Crippen LogP contribution is -2.15. The second-order valence-corrected chi connectivity index (χ2v) is 2.95.